The third kappa shape index (κ3) is 2.43. The number of para-hydroxylation sites is 2. The molecule has 21 heavy (non-hydrogen) atoms. The zero-order valence-corrected chi connectivity index (χ0v) is 12.1. The number of imidazole rings is 1. The van der Waals surface area contributed by atoms with Gasteiger partial charge in [-0.1, -0.05) is 42.5 Å². The van der Waals surface area contributed by atoms with Crippen molar-refractivity contribution in [2.75, 3.05) is 0 Å². The summed E-state index contributed by atoms with van der Waals surface area (Å²) in [6.45, 7) is 1.85. The van der Waals surface area contributed by atoms with E-state index in [-0.39, 0.29) is 6.04 Å². The van der Waals surface area contributed by atoms with Crippen LogP contribution in [0.15, 0.2) is 59.8 Å². The summed E-state index contributed by atoms with van der Waals surface area (Å²) in [7, 11) is -4.65. The van der Waals surface area contributed by atoms with Crippen molar-refractivity contribution in [2.24, 2.45) is 0 Å². The van der Waals surface area contributed by atoms with E-state index >= 15 is 0 Å². The number of hydrogen-bond acceptors (Lipinski definition) is 4. The van der Waals surface area contributed by atoms with E-state index in [0.717, 1.165) is 5.56 Å². The smallest absolute Gasteiger partial charge is 0.216 e. The summed E-state index contributed by atoms with van der Waals surface area (Å²) in [5, 5.41) is -0.444. The fourth-order valence-electron chi connectivity index (χ4n) is 2.45. The topological polar surface area (TPSA) is 75.0 Å². The predicted octanol–water partition coefficient (Wildman–Crippen LogP) is 2.55. The normalized spacial score (nSPS) is 13.4. The average molecular weight is 301 g/mol. The molecule has 0 bridgehead atoms. The van der Waals surface area contributed by atoms with E-state index < -0.39 is 15.3 Å². The highest BCUT2D eigenvalue weighted by Gasteiger charge is 2.20. The Labute approximate surface area is 122 Å². The molecule has 0 aliphatic heterocycles. The van der Waals surface area contributed by atoms with E-state index in [4.69, 9.17) is 0 Å². The summed E-state index contributed by atoms with van der Waals surface area (Å²) in [6, 6.07) is 16.1. The number of nitrogens with zero attached hydrogens (tertiary/aromatic N) is 2. The lowest BCUT2D eigenvalue weighted by molar-refractivity contribution is 0.442. The van der Waals surface area contributed by atoms with Gasteiger partial charge in [-0.3, -0.25) is 0 Å². The number of rotatable bonds is 3. The third-order valence-corrected chi connectivity index (χ3v) is 4.19. The third-order valence-electron chi connectivity index (χ3n) is 3.46. The number of hydrogen-bond donors (Lipinski definition) is 0. The summed E-state index contributed by atoms with van der Waals surface area (Å²) >= 11 is 0. The van der Waals surface area contributed by atoms with Crippen LogP contribution in [0, 0.1) is 0 Å². The Balaban J connectivity index is 2.30. The standard InChI is InChI=1S/C15H14N2O3S/c1-11(12-7-3-2-4-8-12)17-14-10-6-5-9-13(14)16-15(17)21(18,19)20/h2-11H,1H3,(H,18,19,20)/p-1/t11-/m0/s1. The van der Waals surface area contributed by atoms with Crippen LogP contribution < -0.4 is 0 Å². The van der Waals surface area contributed by atoms with Crippen molar-refractivity contribution in [3.05, 3.63) is 60.2 Å². The van der Waals surface area contributed by atoms with Crippen molar-refractivity contribution >= 4 is 21.2 Å². The molecule has 5 nitrogen and oxygen atoms in total. The van der Waals surface area contributed by atoms with Crippen LogP contribution >= 0.6 is 0 Å². The molecular formula is C15H13N2O3S-. The van der Waals surface area contributed by atoms with Crippen molar-refractivity contribution in [3.8, 4) is 0 Å². The van der Waals surface area contributed by atoms with Crippen molar-refractivity contribution in [1.82, 2.24) is 9.55 Å². The average Bonchev–Trinajstić information content (AvgIpc) is 2.87. The summed E-state index contributed by atoms with van der Waals surface area (Å²) in [6.07, 6.45) is 0. The maximum absolute atomic E-state index is 11.5. The Bertz CT molecular complexity index is 886. The van der Waals surface area contributed by atoms with Crippen LogP contribution in [0.3, 0.4) is 0 Å². The molecule has 3 aromatic rings. The first-order valence-electron chi connectivity index (χ1n) is 6.46. The van der Waals surface area contributed by atoms with Gasteiger partial charge in [-0.05, 0) is 24.6 Å². The summed E-state index contributed by atoms with van der Waals surface area (Å²) in [5.41, 5.74) is 2.03. The second-order valence-corrected chi connectivity index (χ2v) is 6.07. The van der Waals surface area contributed by atoms with Crippen LogP contribution in [0.2, 0.25) is 0 Å². The lowest BCUT2D eigenvalue weighted by Crippen LogP contribution is -2.14. The van der Waals surface area contributed by atoms with E-state index in [1.807, 2.05) is 37.3 Å². The minimum atomic E-state index is -4.65. The van der Waals surface area contributed by atoms with Crippen LogP contribution in [0.1, 0.15) is 18.5 Å². The van der Waals surface area contributed by atoms with Gasteiger partial charge in [-0.25, -0.2) is 13.4 Å². The summed E-state index contributed by atoms with van der Waals surface area (Å²) in [5.74, 6) is 0. The molecule has 0 fully saturated rings. The Morgan fingerprint density at radius 1 is 1.05 bits per heavy atom. The number of fused-ring (bicyclic) bond motifs is 1. The molecule has 1 aromatic heterocycles. The van der Waals surface area contributed by atoms with E-state index in [1.165, 1.54) is 4.57 Å². The van der Waals surface area contributed by atoms with Gasteiger partial charge in [0.2, 0.25) is 5.16 Å². The molecule has 0 N–H and O–H groups in total. The van der Waals surface area contributed by atoms with Gasteiger partial charge in [-0.15, -0.1) is 0 Å². The summed E-state index contributed by atoms with van der Waals surface area (Å²) in [4.78, 5) is 3.99. The number of benzene rings is 2. The second kappa shape index (κ2) is 4.98. The highest BCUT2D eigenvalue weighted by atomic mass is 32.2. The zero-order valence-electron chi connectivity index (χ0n) is 11.3. The Kier molecular flexibility index (Phi) is 3.27. The Morgan fingerprint density at radius 3 is 2.33 bits per heavy atom. The van der Waals surface area contributed by atoms with Crippen molar-refractivity contribution in [2.45, 2.75) is 18.1 Å². The van der Waals surface area contributed by atoms with Crippen molar-refractivity contribution < 1.29 is 13.0 Å². The van der Waals surface area contributed by atoms with Crippen LogP contribution in [0.4, 0.5) is 0 Å². The maximum Gasteiger partial charge on any atom is 0.216 e. The van der Waals surface area contributed by atoms with E-state index in [1.54, 1.807) is 24.3 Å². The van der Waals surface area contributed by atoms with Gasteiger partial charge in [0, 0.05) is 0 Å². The maximum atomic E-state index is 11.5. The van der Waals surface area contributed by atoms with Gasteiger partial charge in [0.05, 0.1) is 17.1 Å². The first-order valence-corrected chi connectivity index (χ1v) is 7.87. The van der Waals surface area contributed by atoms with E-state index in [9.17, 15) is 13.0 Å². The van der Waals surface area contributed by atoms with Gasteiger partial charge in [0.25, 0.3) is 0 Å². The first-order chi connectivity index (χ1) is 9.98. The van der Waals surface area contributed by atoms with Crippen LogP contribution in [-0.4, -0.2) is 22.5 Å². The molecule has 0 spiro atoms. The molecular weight excluding hydrogens is 288 g/mol. The lowest BCUT2D eigenvalue weighted by atomic mass is 10.1. The van der Waals surface area contributed by atoms with Gasteiger partial charge >= 0.3 is 0 Å². The van der Waals surface area contributed by atoms with Crippen LogP contribution in [-0.2, 0) is 10.1 Å². The molecule has 0 saturated carbocycles. The fraction of sp³-hybridized carbons (Fsp3) is 0.133. The lowest BCUT2D eigenvalue weighted by Gasteiger charge is -2.19. The summed E-state index contributed by atoms with van der Waals surface area (Å²) < 4.78 is 36.0. The molecule has 1 heterocycles. The minimum Gasteiger partial charge on any atom is -0.742 e. The molecule has 0 amide bonds. The highest BCUT2D eigenvalue weighted by Crippen LogP contribution is 2.27. The van der Waals surface area contributed by atoms with E-state index in [2.05, 4.69) is 4.98 Å². The molecule has 0 unspecified atom stereocenters. The molecule has 3 rings (SSSR count). The quantitative estimate of drug-likeness (QED) is 0.697. The van der Waals surface area contributed by atoms with Crippen LogP contribution in [0.25, 0.3) is 11.0 Å². The van der Waals surface area contributed by atoms with Crippen molar-refractivity contribution in [3.63, 3.8) is 0 Å². The molecule has 1 atom stereocenters. The monoisotopic (exact) mass is 301 g/mol. The second-order valence-electron chi connectivity index (χ2n) is 4.79. The molecule has 108 valence electrons. The SMILES string of the molecule is C[C@@H](c1ccccc1)n1c(S(=O)(=O)[O-])nc2ccccc21. The minimum absolute atomic E-state index is 0.308. The van der Waals surface area contributed by atoms with E-state index in [0.29, 0.717) is 11.0 Å². The molecule has 6 heteroatoms. The Hall–Kier alpha value is -2.18. The molecule has 0 aliphatic carbocycles. The molecule has 2 aromatic carbocycles. The number of aromatic nitrogens is 2. The highest BCUT2D eigenvalue weighted by molar-refractivity contribution is 7.85. The molecule has 0 aliphatic rings. The van der Waals surface area contributed by atoms with Gasteiger partial charge in [0.1, 0.15) is 0 Å². The fourth-order valence-corrected chi connectivity index (χ4v) is 3.16. The zero-order chi connectivity index (χ0) is 15.0. The van der Waals surface area contributed by atoms with Gasteiger partial charge < -0.3 is 9.12 Å². The Morgan fingerprint density at radius 2 is 1.67 bits per heavy atom. The largest absolute Gasteiger partial charge is 0.742 e. The van der Waals surface area contributed by atoms with Crippen LogP contribution in [0.5, 0.6) is 0 Å². The van der Waals surface area contributed by atoms with Gasteiger partial charge in [-0.2, -0.15) is 0 Å². The first kappa shape index (κ1) is 13.8. The van der Waals surface area contributed by atoms with Crippen molar-refractivity contribution in [1.29, 1.82) is 0 Å². The van der Waals surface area contributed by atoms with Gasteiger partial charge in [0.15, 0.2) is 10.1 Å². The molecule has 0 radical (unpaired) electrons. The predicted molar refractivity (Wildman–Crippen MR) is 78.0 cm³/mol. The molecule has 0 saturated heterocycles.